The molecule has 0 saturated heterocycles. The highest BCUT2D eigenvalue weighted by Gasteiger charge is 2.41. The lowest BCUT2D eigenvalue weighted by Crippen LogP contribution is -2.22. The fourth-order valence-corrected chi connectivity index (χ4v) is 8.84. The van der Waals surface area contributed by atoms with E-state index >= 15 is 0 Å². The Morgan fingerprint density at radius 2 is 0.918 bits per heavy atom. The summed E-state index contributed by atoms with van der Waals surface area (Å²) < 4.78 is 6.76. The topological polar surface area (TPSA) is 16.4 Å². The molecule has 0 amide bonds. The Morgan fingerprint density at radius 3 is 1.61 bits per heavy atom. The molecule has 10 rings (SSSR count). The van der Waals surface area contributed by atoms with E-state index in [0.717, 1.165) is 39.0 Å². The van der Waals surface area contributed by atoms with E-state index in [0.29, 0.717) is 0 Å². The van der Waals surface area contributed by atoms with Gasteiger partial charge < -0.3 is 9.32 Å². The molecule has 0 saturated carbocycles. The second-order valence-corrected chi connectivity index (χ2v) is 14.3. The summed E-state index contributed by atoms with van der Waals surface area (Å²) in [7, 11) is 0. The number of hydrogen-bond donors (Lipinski definition) is 0. The Morgan fingerprint density at radius 1 is 0.408 bits per heavy atom. The van der Waals surface area contributed by atoms with Crippen molar-refractivity contribution < 1.29 is 4.42 Å². The zero-order valence-electron chi connectivity index (χ0n) is 27.9. The van der Waals surface area contributed by atoms with Gasteiger partial charge in [0.2, 0.25) is 0 Å². The van der Waals surface area contributed by atoms with Crippen molar-refractivity contribution in [3.63, 3.8) is 0 Å². The van der Waals surface area contributed by atoms with Crippen molar-refractivity contribution >= 4 is 39.0 Å². The van der Waals surface area contributed by atoms with Gasteiger partial charge in [-0.3, -0.25) is 0 Å². The number of fused-ring (bicyclic) bond motifs is 9. The number of anilines is 3. The zero-order chi connectivity index (χ0) is 32.9. The Hall–Kier alpha value is -5.86. The van der Waals surface area contributed by atoms with Gasteiger partial charge in [-0.2, -0.15) is 0 Å². The molecule has 2 aliphatic rings. The SMILES string of the molecule is CC1(C)c2ccccc2-c2ccc(N(c3ccccc3)c3ccc4c(c3)oc3cc(C5(C)c6ccccc6-c6ccccc65)ccc34)cc21. The molecule has 8 aromatic rings. The van der Waals surface area contributed by atoms with Crippen LogP contribution in [-0.4, -0.2) is 0 Å². The Balaban J connectivity index is 1.11. The second-order valence-electron chi connectivity index (χ2n) is 14.3. The molecule has 234 valence electrons. The smallest absolute Gasteiger partial charge is 0.137 e. The average Bonchev–Trinajstić information content (AvgIpc) is 3.72. The van der Waals surface area contributed by atoms with Crippen molar-refractivity contribution in [2.45, 2.75) is 31.6 Å². The Bertz CT molecular complexity index is 2560. The fourth-order valence-electron chi connectivity index (χ4n) is 8.84. The van der Waals surface area contributed by atoms with Gasteiger partial charge in [0.15, 0.2) is 0 Å². The van der Waals surface area contributed by atoms with E-state index in [1.807, 2.05) is 0 Å². The molecule has 0 spiro atoms. The first-order valence-corrected chi connectivity index (χ1v) is 17.2. The lowest BCUT2D eigenvalue weighted by molar-refractivity contribution is 0.660. The third-order valence-electron chi connectivity index (χ3n) is 11.4. The number of hydrogen-bond acceptors (Lipinski definition) is 2. The molecular formula is C47H35NO. The lowest BCUT2D eigenvalue weighted by Gasteiger charge is -2.28. The first-order chi connectivity index (χ1) is 23.9. The van der Waals surface area contributed by atoms with Crippen LogP contribution in [-0.2, 0) is 10.8 Å². The van der Waals surface area contributed by atoms with Gasteiger partial charge in [0.05, 0.1) is 0 Å². The molecule has 1 aromatic heterocycles. The van der Waals surface area contributed by atoms with Crippen molar-refractivity contribution in [2.24, 2.45) is 0 Å². The summed E-state index contributed by atoms with van der Waals surface area (Å²) in [6.45, 7) is 7.03. The molecule has 0 N–H and O–H groups in total. The van der Waals surface area contributed by atoms with E-state index in [9.17, 15) is 0 Å². The number of nitrogens with zero attached hydrogens (tertiary/aromatic N) is 1. The third-order valence-corrected chi connectivity index (χ3v) is 11.4. The molecular weight excluding hydrogens is 595 g/mol. The van der Waals surface area contributed by atoms with Crippen LogP contribution in [0.4, 0.5) is 17.1 Å². The van der Waals surface area contributed by atoms with Gasteiger partial charge >= 0.3 is 0 Å². The first-order valence-electron chi connectivity index (χ1n) is 17.2. The molecule has 0 fully saturated rings. The predicted octanol–water partition coefficient (Wildman–Crippen LogP) is 12.7. The molecule has 1 heterocycles. The van der Waals surface area contributed by atoms with E-state index in [4.69, 9.17) is 4.42 Å². The van der Waals surface area contributed by atoms with Gasteiger partial charge in [-0.25, -0.2) is 0 Å². The van der Waals surface area contributed by atoms with Crippen LogP contribution >= 0.6 is 0 Å². The minimum atomic E-state index is -0.267. The monoisotopic (exact) mass is 629 g/mol. The van der Waals surface area contributed by atoms with Gasteiger partial charge in [-0.1, -0.05) is 123 Å². The summed E-state index contributed by atoms with van der Waals surface area (Å²) in [6, 6.07) is 57.6. The minimum absolute atomic E-state index is 0.0817. The molecule has 0 radical (unpaired) electrons. The molecule has 2 aliphatic carbocycles. The standard InChI is InChI=1S/C47H35NO/c1-46(2)40-18-10-7-15-34(40)37-25-22-32(28-43(37)46)48(31-13-5-4-6-14-31)33-23-26-39-38-24-21-30(27-44(38)49-45(39)29-33)47(3)41-19-11-8-16-35(41)36-17-9-12-20-42(36)47/h4-29H,1-3H3. The van der Waals surface area contributed by atoms with Crippen molar-refractivity contribution in [1.82, 2.24) is 0 Å². The van der Waals surface area contributed by atoms with Crippen molar-refractivity contribution in [2.75, 3.05) is 4.90 Å². The molecule has 2 nitrogen and oxygen atoms in total. The highest BCUT2D eigenvalue weighted by atomic mass is 16.3. The van der Waals surface area contributed by atoms with E-state index < -0.39 is 0 Å². The van der Waals surface area contributed by atoms with E-state index in [1.165, 1.54) is 50.1 Å². The summed E-state index contributed by atoms with van der Waals surface area (Å²) in [5.74, 6) is 0. The molecule has 0 bridgehead atoms. The summed E-state index contributed by atoms with van der Waals surface area (Å²) in [6.07, 6.45) is 0. The Labute approximate surface area is 286 Å². The van der Waals surface area contributed by atoms with Crippen LogP contribution in [0.2, 0.25) is 0 Å². The maximum Gasteiger partial charge on any atom is 0.137 e. The number of benzene rings is 7. The molecule has 7 aromatic carbocycles. The van der Waals surface area contributed by atoms with E-state index in [1.54, 1.807) is 0 Å². The van der Waals surface area contributed by atoms with Gasteiger partial charge in [0.1, 0.15) is 11.2 Å². The number of para-hydroxylation sites is 1. The average molecular weight is 630 g/mol. The normalized spacial score (nSPS) is 14.8. The number of furan rings is 1. The molecule has 2 heteroatoms. The minimum Gasteiger partial charge on any atom is -0.456 e. The maximum atomic E-state index is 6.76. The van der Waals surface area contributed by atoms with Gasteiger partial charge in [0, 0.05) is 44.7 Å². The quantitative estimate of drug-likeness (QED) is 0.193. The highest BCUT2D eigenvalue weighted by molar-refractivity contribution is 6.06. The summed E-state index contributed by atoms with van der Waals surface area (Å²) in [5.41, 5.74) is 16.7. The zero-order valence-corrected chi connectivity index (χ0v) is 27.9. The van der Waals surface area contributed by atoms with E-state index in [-0.39, 0.29) is 10.8 Å². The molecule has 0 atom stereocenters. The second kappa shape index (κ2) is 10.1. The molecule has 0 unspecified atom stereocenters. The van der Waals surface area contributed by atoms with Crippen LogP contribution < -0.4 is 4.90 Å². The van der Waals surface area contributed by atoms with Crippen LogP contribution in [0.15, 0.2) is 162 Å². The maximum absolute atomic E-state index is 6.76. The van der Waals surface area contributed by atoms with Crippen LogP contribution in [0.1, 0.15) is 48.6 Å². The largest absolute Gasteiger partial charge is 0.456 e. The van der Waals surface area contributed by atoms with Crippen molar-refractivity contribution in [1.29, 1.82) is 0 Å². The summed E-state index contributed by atoms with van der Waals surface area (Å²) in [5, 5.41) is 2.26. The molecule has 0 aliphatic heterocycles. The van der Waals surface area contributed by atoms with Gasteiger partial charge in [-0.15, -0.1) is 0 Å². The summed E-state index contributed by atoms with van der Waals surface area (Å²) in [4.78, 5) is 2.35. The lowest BCUT2D eigenvalue weighted by atomic mass is 9.74. The number of rotatable bonds is 4. The van der Waals surface area contributed by atoms with Gasteiger partial charge in [-0.05, 0) is 99.5 Å². The van der Waals surface area contributed by atoms with Crippen LogP contribution in [0, 0.1) is 0 Å². The summed E-state index contributed by atoms with van der Waals surface area (Å²) >= 11 is 0. The van der Waals surface area contributed by atoms with Gasteiger partial charge in [0.25, 0.3) is 0 Å². The van der Waals surface area contributed by atoms with Crippen LogP contribution in [0.5, 0.6) is 0 Å². The molecule has 49 heavy (non-hydrogen) atoms. The van der Waals surface area contributed by atoms with E-state index in [2.05, 4.69) is 183 Å². The third kappa shape index (κ3) is 3.89. The van der Waals surface area contributed by atoms with Crippen molar-refractivity contribution in [3.8, 4) is 22.3 Å². The van der Waals surface area contributed by atoms with Crippen LogP contribution in [0.3, 0.4) is 0 Å². The van der Waals surface area contributed by atoms with Crippen molar-refractivity contribution in [3.05, 3.63) is 186 Å². The van der Waals surface area contributed by atoms with Crippen LogP contribution in [0.25, 0.3) is 44.2 Å². The Kier molecular flexibility index (Phi) is 5.79. The predicted molar refractivity (Wildman–Crippen MR) is 203 cm³/mol. The fraction of sp³-hybridized carbons (Fsp3) is 0.106. The first kappa shape index (κ1) is 28.2. The highest BCUT2D eigenvalue weighted by Crippen LogP contribution is 2.53.